The molecule has 0 aliphatic rings. The van der Waals surface area contributed by atoms with Crippen LogP contribution < -0.4 is 5.32 Å². The molecule has 1 amide bonds. The lowest BCUT2D eigenvalue weighted by Gasteiger charge is -2.07. The number of hydrogen-bond acceptors (Lipinski definition) is 1. The Morgan fingerprint density at radius 3 is 1.71 bits per heavy atom. The lowest BCUT2D eigenvalue weighted by atomic mass is 10.0. The van der Waals surface area contributed by atoms with Gasteiger partial charge in [0, 0.05) is 13.0 Å². The van der Waals surface area contributed by atoms with Crippen LogP contribution in [0.4, 0.5) is 0 Å². The molecule has 0 bridgehead atoms. The second-order valence-corrected chi connectivity index (χ2v) is 7.29. The van der Waals surface area contributed by atoms with E-state index in [1.54, 1.807) is 0 Å². The quantitative estimate of drug-likeness (QED) is 0.409. The zero-order valence-electron chi connectivity index (χ0n) is 15.0. The molecular formula is C19H39NO. The number of rotatable bonds is 14. The molecule has 0 aromatic rings. The molecule has 0 aromatic heterocycles. The van der Waals surface area contributed by atoms with Crippen LogP contribution in [0.5, 0.6) is 0 Å². The molecule has 1 N–H and O–H groups in total. The van der Waals surface area contributed by atoms with Crippen molar-refractivity contribution in [1.29, 1.82) is 0 Å². The van der Waals surface area contributed by atoms with Crippen LogP contribution in [0.3, 0.4) is 0 Å². The van der Waals surface area contributed by atoms with Crippen LogP contribution in [0.25, 0.3) is 0 Å². The van der Waals surface area contributed by atoms with Crippen molar-refractivity contribution < 1.29 is 4.79 Å². The van der Waals surface area contributed by atoms with E-state index in [0.717, 1.165) is 37.6 Å². The maximum absolute atomic E-state index is 11.7. The Morgan fingerprint density at radius 2 is 1.19 bits per heavy atom. The summed E-state index contributed by atoms with van der Waals surface area (Å²) in [5.41, 5.74) is 0. The summed E-state index contributed by atoms with van der Waals surface area (Å²) in [5, 5.41) is 3.05. The monoisotopic (exact) mass is 297 g/mol. The first kappa shape index (κ1) is 20.5. The maximum atomic E-state index is 11.7. The Morgan fingerprint density at radius 1 is 0.714 bits per heavy atom. The van der Waals surface area contributed by atoms with E-state index in [1.807, 2.05) is 0 Å². The van der Waals surface area contributed by atoms with E-state index >= 15 is 0 Å². The van der Waals surface area contributed by atoms with Gasteiger partial charge in [0.15, 0.2) is 0 Å². The van der Waals surface area contributed by atoms with Gasteiger partial charge < -0.3 is 5.32 Å². The molecule has 0 spiro atoms. The topological polar surface area (TPSA) is 29.1 Å². The summed E-state index contributed by atoms with van der Waals surface area (Å²) in [5.74, 6) is 1.89. The van der Waals surface area contributed by atoms with Gasteiger partial charge in [0.1, 0.15) is 0 Å². The third kappa shape index (κ3) is 17.4. The summed E-state index contributed by atoms with van der Waals surface area (Å²) in [6.45, 7) is 9.98. The molecular weight excluding hydrogens is 258 g/mol. The Labute approximate surface area is 133 Å². The molecule has 0 unspecified atom stereocenters. The largest absolute Gasteiger partial charge is 0.356 e. The van der Waals surface area contributed by atoms with Crippen LogP contribution in [0.2, 0.25) is 0 Å². The molecule has 0 atom stereocenters. The number of hydrogen-bond donors (Lipinski definition) is 1. The second-order valence-electron chi connectivity index (χ2n) is 7.29. The second kappa shape index (κ2) is 14.4. The highest BCUT2D eigenvalue weighted by Crippen LogP contribution is 2.11. The van der Waals surface area contributed by atoms with E-state index in [1.165, 1.54) is 51.4 Å². The average Bonchev–Trinajstić information content (AvgIpc) is 2.41. The van der Waals surface area contributed by atoms with Crippen molar-refractivity contribution in [2.75, 3.05) is 6.54 Å². The zero-order chi connectivity index (χ0) is 15.9. The first-order valence-electron chi connectivity index (χ1n) is 9.29. The van der Waals surface area contributed by atoms with Gasteiger partial charge in [-0.25, -0.2) is 0 Å². The summed E-state index contributed by atoms with van der Waals surface area (Å²) >= 11 is 0. The third-order valence-electron chi connectivity index (χ3n) is 3.97. The van der Waals surface area contributed by atoms with E-state index in [4.69, 9.17) is 0 Å². The van der Waals surface area contributed by atoms with Crippen LogP contribution in [0.1, 0.15) is 98.3 Å². The molecule has 2 nitrogen and oxygen atoms in total. The van der Waals surface area contributed by atoms with Crippen LogP contribution in [0, 0.1) is 11.8 Å². The maximum Gasteiger partial charge on any atom is 0.219 e. The fraction of sp³-hybridized carbons (Fsp3) is 0.947. The SMILES string of the molecule is CC(C)CCCCCCNC(=O)CCCCCCC(C)C. The number of carbonyl (C=O) groups excluding carboxylic acids is 1. The van der Waals surface area contributed by atoms with E-state index in [9.17, 15) is 4.79 Å². The van der Waals surface area contributed by atoms with Crippen LogP contribution in [-0.4, -0.2) is 12.5 Å². The number of unbranched alkanes of at least 4 members (excludes halogenated alkanes) is 6. The number of nitrogens with one attached hydrogen (secondary N) is 1. The van der Waals surface area contributed by atoms with Gasteiger partial charge in [-0.1, -0.05) is 79.1 Å². The summed E-state index contributed by atoms with van der Waals surface area (Å²) in [6, 6.07) is 0. The molecule has 126 valence electrons. The summed E-state index contributed by atoms with van der Waals surface area (Å²) < 4.78 is 0. The van der Waals surface area contributed by atoms with Crippen molar-refractivity contribution in [2.45, 2.75) is 98.3 Å². The van der Waals surface area contributed by atoms with Gasteiger partial charge >= 0.3 is 0 Å². The molecule has 0 heterocycles. The van der Waals surface area contributed by atoms with E-state index in [0.29, 0.717) is 0 Å². The average molecular weight is 298 g/mol. The van der Waals surface area contributed by atoms with Gasteiger partial charge in [-0.05, 0) is 24.7 Å². The molecule has 0 saturated heterocycles. The lowest BCUT2D eigenvalue weighted by Crippen LogP contribution is -2.23. The van der Waals surface area contributed by atoms with Gasteiger partial charge in [0.25, 0.3) is 0 Å². The van der Waals surface area contributed by atoms with Gasteiger partial charge in [0.05, 0.1) is 0 Å². The Kier molecular flexibility index (Phi) is 14.0. The highest BCUT2D eigenvalue weighted by Gasteiger charge is 2.01. The van der Waals surface area contributed by atoms with Crippen molar-refractivity contribution in [3.05, 3.63) is 0 Å². The normalized spacial score (nSPS) is 11.3. The van der Waals surface area contributed by atoms with Crippen LogP contribution >= 0.6 is 0 Å². The minimum atomic E-state index is 0.251. The molecule has 2 heteroatoms. The Bertz CT molecular complexity index is 236. The van der Waals surface area contributed by atoms with Crippen molar-refractivity contribution in [1.82, 2.24) is 5.32 Å². The van der Waals surface area contributed by atoms with Crippen molar-refractivity contribution >= 4 is 5.91 Å². The third-order valence-corrected chi connectivity index (χ3v) is 3.97. The highest BCUT2D eigenvalue weighted by molar-refractivity contribution is 5.75. The van der Waals surface area contributed by atoms with Crippen LogP contribution in [0.15, 0.2) is 0 Å². The molecule has 0 saturated carbocycles. The lowest BCUT2D eigenvalue weighted by molar-refractivity contribution is -0.121. The molecule has 21 heavy (non-hydrogen) atoms. The van der Waals surface area contributed by atoms with Crippen molar-refractivity contribution in [3.8, 4) is 0 Å². The first-order chi connectivity index (χ1) is 10.0. The predicted octanol–water partition coefficient (Wildman–Crippen LogP) is 5.71. The molecule has 0 aromatic carbocycles. The Hall–Kier alpha value is -0.530. The summed E-state index contributed by atoms with van der Waals surface area (Å²) in [4.78, 5) is 11.7. The van der Waals surface area contributed by atoms with Gasteiger partial charge in [0.2, 0.25) is 5.91 Å². The zero-order valence-corrected chi connectivity index (χ0v) is 15.0. The van der Waals surface area contributed by atoms with Crippen molar-refractivity contribution in [2.24, 2.45) is 11.8 Å². The van der Waals surface area contributed by atoms with E-state index in [2.05, 4.69) is 33.0 Å². The summed E-state index contributed by atoms with van der Waals surface area (Å²) in [6.07, 6.45) is 13.3. The smallest absolute Gasteiger partial charge is 0.219 e. The highest BCUT2D eigenvalue weighted by atomic mass is 16.1. The standard InChI is InChI=1S/C19H39NO/c1-17(2)13-9-5-6-11-15-19(21)20-16-12-8-7-10-14-18(3)4/h17-18H,5-16H2,1-4H3,(H,20,21). The minimum absolute atomic E-state index is 0.251. The molecule has 0 fully saturated rings. The molecule has 0 aliphatic heterocycles. The fourth-order valence-corrected chi connectivity index (χ4v) is 2.54. The Balaban J connectivity index is 3.20. The van der Waals surface area contributed by atoms with Gasteiger partial charge in [-0.15, -0.1) is 0 Å². The minimum Gasteiger partial charge on any atom is -0.356 e. The van der Waals surface area contributed by atoms with Crippen molar-refractivity contribution in [3.63, 3.8) is 0 Å². The van der Waals surface area contributed by atoms with Crippen LogP contribution in [-0.2, 0) is 4.79 Å². The van der Waals surface area contributed by atoms with Gasteiger partial charge in [-0.3, -0.25) is 4.79 Å². The number of carbonyl (C=O) groups is 1. The molecule has 0 radical (unpaired) electrons. The molecule has 0 rings (SSSR count). The van der Waals surface area contributed by atoms with Gasteiger partial charge in [-0.2, -0.15) is 0 Å². The number of amides is 1. The van der Waals surface area contributed by atoms with E-state index < -0.39 is 0 Å². The molecule has 0 aliphatic carbocycles. The fourth-order valence-electron chi connectivity index (χ4n) is 2.54. The first-order valence-corrected chi connectivity index (χ1v) is 9.29. The predicted molar refractivity (Wildman–Crippen MR) is 93.5 cm³/mol. The summed E-state index contributed by atoms with van der Waals surface area (Å²) in [7, 11) is 0. The van der Waals surface area contributed by atoms with E-state index in [-0.39, 0.29) is 5.91 Å².